The number of piperidine rings is 3. The number of hydrogen-bond donors (Lipinski definition) is 1. The average Bonchev–Trinajstić information content (AvgIpc) is 2.92. The van der Waals surface area contributed by atoms with Crippen molar-refractivity contribution in [3.05, 3.63) is 22.4 Å². The Labute approximate surface area is 114 Å². The first kappa shape index (κ1) is 12.6. The number of hydrogen-bond acceptors (Lipinski definition) is 3. The third-order valence-corrected chi connectivity index (χ3v) is 5.67. The normalized spacial score (nSPS) is 34.9. The molecule has 0 amide bonds. The minimum atomic E-state index is 0.798. The summed E-state index contributed by atoms with van der Waals surface area (Å²) in [6.45, 7) is 7.27. The van der Waals surface area contributed by atoms with Crippen LogP contribution in [-0.4, -0.2) is 30.6 Å². The molecule has 3 saturated heterocycles. The van der Waals surface area contributed by atoms with Crippen molar-refractivity contribution >= 4 is 11.3 Å². The third-order valence-electron chi connectivity index (χ3n) is 4.80. The van der Waals surface area contributed by atoms with E-state index in [1.807, 2.05) is 11.3 Å². The van der Waals surface area contributed by atoms with E-state index in [1.54, 1.807) is 0 Å². The molecule has 3 aliphatic rings. The minimum absolute atomic E-state index is 0.798. The predicted octanol–water partition coefficient (Wildman–Crippen LogP) is 2.96. The molecule has 1 unspecified atom stereocenters. The molecule has 0 spiro atoms. The van der Waals surface area contributed by atoms with Gasteiger partial charge in [0, 0.05) is 30.6 Å². The van der Waals surface area contributed by atoms with Crippen molar-refractivity contribution in [3.8, 4) is 0 Å². The van der Waals surface area contributed by atoms with E-state index in [1.165, 1.54) is 43.8 Å². The first-order chi connectivity index (χ1) is 8.86. The highest BCUT2D eigenvalue weighted by Crippen LogP contribution is 2.37. The summed E-state index contributed by atoms with van der Waals surface area (Å²) in [5, 5.41) is 5.81. The van der Waals surface area contributed by atoms with Crippen molar-refractivity contribution in [2.24, 2.45) is 11.8 Å². The van der Waals surface area contributed by atoms with Crippen LogP contribution in [0.15, 0.2) is 17.5 Å². The van der Waals surface area contributed by atoms with Crippen LogP contribution in [0.5, 0.6) is 0 Å². The Hall–Kier alpha value is -0.380. The topological polar surface area (TPSA) is 15.3 Å². The Bertz CT molecular complexity index is 363. The molecule has 4 rings (SSSR count). The summed E-state index contributed by atoms with van der Waals surface area (Å²) >= 11 is 1.85. The minimum Gasteiger partial charge on any atom is -0.310 e. The van der Waals surface area contributed by atoms with E-state index in [9.17, 15) is 0 Å². The molecule has 0 aliphatic carbocycles. The van der Waals surface area contributed by atoms with Crippen molar-refractivity contribution in [3.63, 3.8) is 0 Å². The molecule has 2 nitrogen and oxygen atoms in total. The molecule has 3 fully saturated rings. The second-order valence-electron chi connectivity index (χ2n) is 5.81. The zero-order valence-electron chi connectivity index (χ0n) is 11.3. The van der Waals surface area contributed by atoms with E-state index < -0.39 is 0 Å². The number of rotatable bonds is 5. The quantitative estimate of drug-likeness (QED) is 0.879. The van der Waals surface area contributed by atoms with Gasteiger partial charge in [0.1, 0.15) is 0 Å². The molecular formula is C15H24N2S. The van der Waals surface area contributed by atoms with Crippen molar-refractivity contribution < 1.29 is 0 Å². The molecule has 18 heavy (non-hydrogen) atoms. The molecule has 1 N–H and O–H groups in total. The molecule has 4 atom stereocenters. The molecule has 1 aromatic heterocycles. The Balaban J connectivity index is 1.47. The third kappa shape index (κ3) is 2.63. The van der Waals surface area contributed by atoms with Crippen LogP contribution in [0.4, 0.5) is 0 Å². The predicted molar refractivity (Wildman–Crippen MR) is 77.9 cm³/mol. The Morgan fingerprint density at radius 2 is 2.44 bits per heavy atom. The van der Waals surface area contributed by atoms with Gasteiger partial charge in [-0.3, -0.25) is 4.90 Å². The van der Waals surface area contributed by atoms with Crippen molar-refractivity contribution in [1.82, 2.24) is 10.2 Å². The van der Waals surface area contributed by atoms with Crippen LogP contribution in [-0.2, 0) is 6.54 Å². The zero-order chi connectivity index (χ0) is 12.4. The summed E-state index contributed by atoms with van der Waals surface area (Å²) in [6, 6.07) is 5.16. The Morgan fingerprint density at radius 1 is 1.50 bits per heavy atom. The first-order valence-electron chi connectivity index (χ1n) is 7.34. The summed E-state index contributed by atoms with van der Waals surface area (Å²) in [4.78, 5) is 4.19. The molecule has 0 aromatic carbocycles. The summed E-state index contributed by atoms with van der Waals surface area (Å²) in [5.41, 5.74) is 0. The van der Waals surface area contributed by atoms with Gasteiger partial charge in [0.25, 0.3) is 0 Å². The van der Waals surface area contributed by atoms with Gasteiger partial charge in [0.15, 0.2) is 0 Å². The Kier molecular flexibility index (Phi) is 4.02. The van der Waals surface area contributed by atoms with E-state index in [4.69, 9.17) is 0 Å². The van der Waals surface area contributed by atoms with E-state index in [0.717, 1.165) is 24.4 Å². The van der Waals surface area contributed by atoms with Crippen LogP contribution < -0.4 is 5.32 Å². The number of fused-ring (bicyclic) bond motifs is 3. The van der Waals surface area contributed by atoms with Crippen LogP contribution >= 0.6 is 11.3 Å². The molecule has 1 aromatic rings. The molecule has 0 saturated carbocycles. The summed E-state index contributed by atoms with van der Waals surface area (Å²) < 4.78 is 0. The molecule has 3 aliphatic heterocycles. The van der Waals surface area contributed by atoms with E-state index in [-0.39, 0.29) is 0 Å². The van der Waals surface area contributed by atoms with E-state index in [0.29, 0.717) is 0 Å². The zero-order valence-corrected chi connectivity index (χ0v) is 12.1. The monoisotopic (exact) mass is 264 g/mol. The maximum Gasteiger partial charge on any atom is 0.0300 e. The van der Waals surface area contributed by atoms with Crippen molar-refractivity contribution in [1.29, 1.82) is 0 Å². The first-order valence-corrected chi connectivity index (χ1v) is 8.22. The standard InChI is InChI=1S/C15H24N2S/c1-2-12-11-17-6-5-13(12)8-14(17)9-16-10-15-4-3-7-18-15/h3-4,7,12-14,16H,2,5-6,8-11H2,1H3/t12-,13-,14+/m0/s1. The van der Waals surface area contributed by atoms with Crippen LogP contribution in [0.1, 0.15) is 31.1 Å². The number of nitrogens with one attached hydrogen (secondary N) is 1. The number of nitrogens with zero attached hydrogens (tertiary/aromatic N) is 1. The van der Waals surface area contributed by atoms with Gasteiger partial charge in [0.2, 0.25) is 0 Å². The fraction of sp³-hybridized carbons (Fsp3) is 0.733. The lowest BCUT2D eigenvalue weighted by atomic mass is 9.74. The van der Waals surface area contributed by atoms with Gasteiger partial charge in [-0.25, -0.2) is 0 Å². The van der Waals surface area contributed by atoms with Gasteiger partial charge in [-0.05, 0) is 42.7 Å². The van der Waals surface area contributed by atoms with Crippen LogP contribution in [0.2, 0.25) is 0 Å². The lowest BCUT2D eigenvalue weighted by molar-refractivity contribution is 0.000354. The highest BCUT2D eigenvalue weighted by molar-refractivity contribution is 7.09. The molecular weight excluding hydrogens is 240 g/mol. The van der Waals surface area contributed by atoms with E-state index in [2.05, 4.69) is 34.7 Å². The lowest BCUT2D eigenvalue weighted by Gasteiger charge is -2.50. The summed E-state index contributed by atoms with van der Waals surface area (Å²) in [5.74, 6) is 1.99. The van der Waals surface area contributed by atoms with Gasteiger partial charge in [-0.1, -0.05) is 19.4 Å². The Morgan fingerprint density at radius 3 is 3.11 bits per heavy atom. The SMILES string of the molecule is CC[C@H]1CN2CC[C@H]1C[C@@H]2CNCc1cccs1. The smallest absolute Gasteiger partial charge is 0.0300 e. The van der Waals surface area contributed by atoms with Crippen molar-refractivity contribution in [2.45, 2.75) is 38.8 Å². The van der Waals surface area contributed by atoms with Gasteiger partial charge in [0.05, 0.1) is 0 Å². The van der Waals surface area contributed by atoms with E-state index >= 15 is 0 Å². The molecule has 2 bridgehead atoms. The van der Waals surface area contributed by atoms with Gasteiger partial charge < -0.3 is 5.32 Å². The van der Waals surface area contributed by atoms with Crippen LogP contribution in [0.3, 0.4) is 0 Å². The second kappa shape index (κ2) is 5.72. The number of thiophene rings is 1. The summed E-state index contributed by atoms with van der Waals surface area (Å²) in [7, 11) is 0. The molecule has 100 valence electrons. The molecule has 4 heterocycles. The maximum atomic E-state index is 3.64. The second-order valence-corrected chi connectivity index (χ2v) is 6.84. The highest BCUT2D eigenvalue weighted by atomic mass is 32.1. The highest BCUT2D eigenvalue weighted by Gasteiger charge is 2.38. The largest absolute Gasteiger partial charge is 0.310 e. The van der Waals surface area contributed by atoms with Gasteiger partial charge >= 0.3 is 0 Å². The van der Waals surface area contributed by atoms with Gasteiger partial charge in [-0.2, -0.15) is 0 Å². The maximum absolute atomic E-state index is 3.64. The fourth-order valence-corrected chi connectivity index (χ4v) is 4.37. The fourth-order valence-electron chi connectivity index (χ4n) is 3.70. The van der Waals surface area contributed by atoms with Crippen molar-refractivity contribution in [2.75, 3.05) is 19.6 Å². The average molecular weight is 264 g/mol. The molecule has 3 heteroatoms. The lowest BCUT2D eigenvalue weighted by Crippen LogP contribution is -2.56. The molecule has 0 radical (unpaired) electrons. The van der Waals surface area contributed by atoms with Crippen LogP contribution in [0, 0.1) is 11.8 Å². The van der Waals surface area contributed by atoms with Crippen LogP contribution in [0.25, 0.3) is 0 Å². The summed E-state index contributed by atoms with van der Waals surface area (Å²) in [6.07, 6.45) is 4.24. The van der Waals surface area contributed by atoms with Gasteiger partial charge in [-0.15, -0.1) is 11.3 Å².